The van der Waals surface area contributed by atoms with E-state index in [9.17, 15) is 18.0 Å². The highest BCUT2D eigenvalue weighted by Crippen LogP contribution is 2.32. The summed E-state index contributed by atoms with van der Waals surface area (Å²) in [5, 5.41) is 1.10. The van der Waals surface area contributed by atoms with Crippen molar-refractivity contribution < 1.29 is 42.7 Å². The van der Waals surface area contributed by atoms with Gasteiger partial charge in [-0.15, -0.1) is 0 Å². The van der Waals surface area contributed by atoms with Gasteiger partial charge in [0.05, 0.1) is 8.07 Å². The van der Waals surface area contributed by atoms with Crippen molar-refractivity contribution in [2.75, 3.05) is 11.9 Å². The molecule has 293 valence electrons. The molecule has 0 unspecified atom stereocenters. The molecule has 1 aromatic carbocycles. The Bertz CT molecular complexity index is 1160. The maximum absolute atomic E-state index is 12.9. The van der Waals surface area contributed by atoms with Crippen LogP contribution >= 0.6 is 0 Å². The molecule has 51 heavy (non-hydrogen) atoms. The predicted molar refractivity (Wildman–Crippen MR) is 224 cm³/mol. The van der Waals surface area contributed by atoms with Crippen molar-refractivity contribution in [3.05, 3.63) is 24.3 Å². The molecule has 0 aliphatic heterocycles. The lowest BCUT2D eigenvalue weighted by Crippen LogP contribution is -2.57. The Morgan fingerprint density at radius 1 is 0.667 bits per heavy atom. The zero-order valence-corrected chi connectivity index (χ0v) is 42.9. The third-order valence-corrected chi connectivity index (χ3v) is 32.9. The molecule has 0 fully saturated rings. The minimum Gasteiger partial charge on any atom is -0.417 e. The standard InChI is InChI=1S/C31H65F3NO7Si9/c1-35(30(36)27-31(32,33)34)28-20-19-21-29(26-28)48(12,13)24-25-49(14,15)42-51(40-46(8)9,41-47(10)11)23-18-16-17-22-50(37-43(2)3,38-44(4)5)39-45(6)7/h19-21,26H,16-18,22-25,27H2,1-15H3. The van der Waals surface area contributed by atoms with Crippen LogP contribution in [0, 0.1) is 0 Å². The van der Waals surface area contributed by atoms with Gasteiger partial charge in [0.1, 0.15) is 6.42 Å². The zero-order chi connectivity index (χ0) is 39.4. The highest BCUT2D eigenvalue weighted by Gasteiger charge is 2.48. The van der Waals surface area contributed by atoms with E-state index in [0.29, 0.717) is 5.69 Å². The fraction of sp³-hybridized carbons (Fsp3) is 0.774. The molecule has 0 heterocycles. The fourth-order valence-corrected chi connectivity index (χ4v) is 35.2. The largest absolute Gasteiger partial charge is 0.469 e. The molecule has 1 amide bonds. The van der Waals surface area contributed by atoms with E-state index in [1.807, 2.05) is 18.2 Å². The van der Waals surface area contributed by atoms with Crippen LogP contribution in [-0.4, -0.2) is 98.3 Å². The molecule has 0 saturated heterocycles. The topological polar surface area (TPSA) is 75.7 Å². The van der Waals surface area contributed by atoms with E-state index in [1.165, 1.54) is 7.05 Å². The average molecular weight is 874 g/mol. The van der Waals surface area contributed by atoms with Gasteiger partial charge in [0.2, 0.25) is 5.91 Å². The quantitative estimate of drug-likeness (QED) is 0.0758. The Balaban J connectivity index is 3.14. The van der Waals surface area contributed by atoms with Crippen molar-refractivity contribution in [2.45, 2.75) is 148 Å². The Labute approximate surface area is 321 Å². The van der Waals surface area contributed by atoms with Gasteiger partial charge < -0.3 is 29.6 Å². The number of nitrogens with zero attached hydrogens (tertiary/aromatic N) is 1. The number of carbonyl (C=O) groups is 1. The summed E-state index contributed by atoms with van der Waals surface area (Å²) in [5.74, 6) is -0.968. The van der Waals surface area contributed by atoms with Crippen LogP contribution in [0.3, 0.4) is 0 Å². The summed E-state index contributed by atoms with van der Waals surface area (Å²) < 4.78 is 79.2. The van der Waals surface area contributed by atoms with Crippen molar-refractivity contribution in [3.63, 3.8) is 0 Å². The fourth-order valence-electron chi connectivity index (χ4n) is 5.65. The van der Waals surface area contributed by atoms with Gasteiger partial charge in [-0.3, -0.25) is 4.79 Å². The molecule has 1 rings (SSSR count). The molecule has 0 bridgehead atoms. The van der Waals surface area contributed by atoms with Gasteiger partial charge in [-0.25, -0.2) is 0 Å². The molecular weight excluding hydrogens is 808 g/mol. The first kappa shape index (κ1) is 49.2. The number of benzene rings is 1. The molecule has 5 radical (unpaired) electrons. The van der Waals surface area contributed by atoms with Gasteiger partial charge in [0.15, 0.2) is 53.5 Å². The first-order valence-electron chi connectivity index (χ1n) is 17.8. The van der Waals surface area contributed by atoms with E-state index >= 15 is 0 Å². The molecule has 1 aromatic rings. The highest BCUT2D eigenvalue weighted by molar-refractivity contribution is 6.92. The van der Waals surface area contributed by atoms with E-state index < -0.39 is 97.7 Å². The SMILES string of the molecule is CN(C(=O)CC(F)(F)F)c1cccc([Si](C)(C)CC[Si](C)(C)O[Si](CCCCC[Si](O[Si](C)C)(O[Si](C)C)O[Si](C)C)(O[Si](C)C)O[Si](C)C)c1. The first-order chi connectivity index (χ1) is 23.2. The second-order valence-electron chi connectivity index (χ2n) is 15.5. The molecule has 0 spiro atoms. The molecule has 0 saturated carbocycles. The maximum atomic E-state index is 12.9. The number of hydrogen-bond acceptors (Lipinski definition) is 7. The normalized spacial score (nSPS) is 13.8. The number of halogens is 3. The summed E-state index contributed by atoms with van der Waals surface area (Å²) in [5.41, 5.74) is 0.483. The van der Waals surface area contributed by atoms with Crippen LogP contribution in [0.1, 0.15) is 25.7 Å². The van der Waals surface area contributed by atoms with Crippen LogP contribution in [0.4, 0.5) is 18.9 Å². The van der Waals surface area contributed by atoms with E-state index in [-0.39, 0.29) is 0 Å². The molecule has 0 aromatic heterocycles. The Morgan fingerprint density at radius 2 is 1.10 bits per heavy atom. The van der Waals surface area contributed by atoms with Gasteiger partial charge in [-0.05, 0) is 110 Å². The molecule has 0 N–H and O–H groups in total. The maximum Gasteiger partial charge on any atom is 0.469 e. The van der Waals surface area contributed by atoms with E-state index in [2.05, 4.69) is 91.7 Å². The highest BCUT2D eigenvalue weighted by atomic mass is 28.5. The van der Waals surface area contributed by atoms with Crippen molar-refractivity contribution in [1.82, 2.24) is 0 Å². The average Bonchev–Trinajstić information content (AvgIpc) is 2.92. The van der Waals surface area contributed by atoms with Crippen LogP contribution in [-0.2, 0) is 29.5 Å². The van der Waals surface area contributed by atoms with Gasteiger partial charge in [0.25, 0.3) is 0 Å². The number of rotatable bonds is 24. The third-order valence-electron chi connectivity index (χ3n) is 7.79. The van der Waals surface area contributed by atoms with Gasteiger partial charge in [-0.1, -0.05) is 42.9 Å². The van der Waals surface area contributed by atoms with Crippen molar-refractivity contribution in [2.24, 2.45) is 0 Å². The lowest BCUT2D eigenvalue weighted by molar-refractivity contribution is -0.151. The summed E-state index contributed by atoms with van der Waals surface area (Å²) in [6.45, 7) is 30.6. The third kappa shape index (κ3) is 19.6. The number of unbranched alkanes of at least 4 members (excludes halogenated alkanes) is 2. The van der Waals surface area contributed by atoms with E-state index in [1.54, 1.807) is 6.07 Å². The van der Waals surface area contributed by atoms with Crippen LogP contribution in [0.5, 0.6) is 0 Å². The monoisotopic (exact) mass is 872 g/mol. The molecular formula is C31H65F3NO7Si9. The summed E-state index contributed by atoms with van der Waals surface area (Å²) >= 11 is 0. The van der Waals surface area contributed by atoms with E-state index in [4.69, 9.17) is 24.7 Å². The van der Waals surface area contributed by atoms with Gasteiger partial charge >= 0.3 is 23.8 Å². The summed E-state index contributed by atoms with van der Waals surface area (Å²) in [6, 6.07) is 10.9. The van der Waals surface area contributed by atoms with Gasteiger partial charge in [-0.2, -0.15) is 13.2 Å². The van der Waals surface area contributed by atoms with Crippen molar-refractivity contribution >= 4 is 96.0 Å². The van der Waals surface area contributed by atoms with Crippen molar-refractivity contribution in [1.29, 1.82) is 0 Å². The minimum atomic E-state index is -4.54. The van der Waals surface area contributed by atoms with Crippen LogP contribution in [0.25, 0.3) is 0 Å². The Hall–Kier alpha value is 0.192. The molecule has 0 atom stereocenters. The summed E-state index contributed by atoms with van der Waals surface area (Å²) in [7, 11) is -13.9. The smallest absolute Gasteiger partial charge is 0.417 e. The summed E-state index contributed by atoms with van der Waals surface area (Å²) in [4.78, 5) is 13.4. The zero-order valence-electron chi connectivity index (χ0n) is 33.9. The van der Waals surface area contributed by atoms with Crippen LogP contribution in [0.2, 0.25) is 116 Å². The number of anilines is 1. The van der Waals surface area contributed by atoms with E-state index in [0.717, 1.165) is 53.5 Å². The van der Waals surface area contributed by atoms with Crippen molar-refractivity contribution in [3.8, 4) is 0 Å². The molecule has 0 aliphatic carbocycles. The number of alkyl halides is 3. The van der Waals surface area contributed by atoms with Gasteiger partial charge in [0, 0.05) is 24.8 Å². The second kappa shape index (κ2) is 21.5. The molecule has 8 nitrogen and oxygen atoms in total. The Morgan fingerprint density at radius 3 is 1.53 bits per heavy atom. The first-order valence-corrected chi connectivity index (χ1v) is 40.0. The number of amides is 1. The minimum absolute atomic E-state index is 0.483. The summed E-state index contributed by atoms with van der Waals surface area (Å²) in [6.07, 6.45) is -3.15. The second-order valence-corrected chi connectivity index (χ2v) is 42.1. The van der Waals surface area contributed by atoms with Crippen LogP contribution < -0.4 is 10.1 Å². The Kier molecular flexibility index (Phi) is 20.7. The molecule has 20 heteroatoms. The number of carbonyl (C=O) groups excluding carboxylic acids is 1. The lowest BCUT2D eigenvalue weighted by Gasteiger charge is -2.40. The molecule has 0 aliphatic rings. The number of hydrogen-bond donors (Lipinski definition) is 0. The lowest BCUT2D eigenvalue weighted by atomic mass is 10.2. The predicted octanol–water partition coefficient (Wildman–Crippen LogP) is 9.13. The van der Waals surface area contributed by atoms with Crippen LogP contribution in [0.15, 0.2) is 24.3 Å².